The molecule has 1 aromatic carbocycles. The van der Waals surface area contributed by atoms with Crippen molar-refractivity contribution in [1.82, 2.24) is 4.90 Å². The maximum atomic E-state index is 12.4. The Kier molecular flexibility index (Phi) is 6.60. The number of aliphatic hydroxyl groups is 1. The highest BCUT2D eigenvalue weighted by atomic mass is 16.6. The van der Waals surface area contributed by atoms with Gasteiger partial charge in [-0.25, -0.2) is 4.79 Å². The summed E-state index contributed by atoms with van der Waals surface area (Å²) >= 11 is 0. The fourth-order valence-corrected chi connectivity index (χ4v) is 2.37. The van der Waals surface area contributed by atoms with E-state index in [1.54, 1.807) is 20.8 Å². The number of amides is 1. The number of β-amino-alcohol motifs (C(OH)–C–C–N with tert-alkyl or cyclic N) is 1. The third kappa shape index (κ3) is 6.11. The molecular formula is C18H27NO5. The number of carbonyl (C=O) groups excluding carboxylic acids is 1. The molecule has 2 rings (SSSR count). The molecule has 1 amide bonds. The van der Waals surface area contributed by atoms with Crippen LogP contribution in [-0.4, -0.2) is 53.8 Å². The van der Waals surface area contributed by atoms with Gasteiger partial charge in [-0.15, -0.1) is 0 Å². The minimum Gasteiger partial charge on any atom is -0.444 e. The van der Waals surface area contributed by atoms with E-state index in [1.807, 2.05) is 30.3 Å². The lowest BCUT2D eigenvalue weighted by molar-refractivity contribution is -0.0956. The number of hydrogen-bond acceptors (Lipinski definition) is 5. The van der Waals surface area contributed by atoms with Gasteiger partial charge in [-0.2, -0.15) is 0 Å². The highest BCUT2D eigenvalue weighted by molar-refractivity contribution is 5.68. The molecule has 1 aliphatic heterocycles. The highest BCUT2D eigenvalue weighted by Gasteiger charge is 2.33. The molecule has 0 saturated carbocycles. The lowest BCUT2D eigenvalue weighted by Gasteiger charge is -2.32. The van der Waals surface area contributed by atoms with Gasteiger partial charge in [0.1, 0.15) is 5.60 Å². The summed E-state index contributed by atoms with van der Waals surface area (Å²) in [5.74, 6) is 0. The van der Waals surface area contributed by atoms with Gasteiger partial charge in [0.25, 0.3) is 0 Å². The van der Waals surface area contributed by atoms with Crippen molar-refractivity contribution < 1.29 is 24.1 Å². The van der Waals surface area contributed by atoms with E-state index in [1.165, 1.54) is 4.90 Å². The number of hydrogen-bond donors (Lipinski definition) is 1. The van der Waals surface area contributed by atoms with Crippen LogP contribution in [0.3, 0.4) is 0 Å². The monoisotopic (exact) mass is 337 g/mol. The van der Waals surface area contributed by atoms with Crippen LogP contribution in [0.5, 0.6) is 0 Å². The summed E-state index contributed by atoms with van der Waals surface area (Å²) in [7, 11) is 0. The molecule has 0 unspecified atom stereocenters. The molecule has 1 aliphatic rings. The second kappa shape index (κ2) is 8.46. The zero-order chi connectivity index (χ0) is 17.6. The average Bonchev–Trinajstić information content (AvgIpc) is 2.68. The van der Waals surface area contributed by atoms with Crippen LogP contribution < -0.4 is 0 Å². The van der Waals surface area contributed by atoms with Gasteiger partial charge in [0, 0.05) is 0 Å². The predicted molar refractivity (Wildman–Crippen MR) is 89.4 cm³/mol. The van der Waals surface area contributed by atoms with Crippen LogP contribution in [-0.2, 0) is 20.8 Å². The van der Waals surface area contributed by atoms with Gasteiger partial charge >= 0.3 is 6.09 Å². The first kappa shape index (κ1) is 18.7. The van der Waals surface area contributed by atoms with E-state index in [-0.39, 0.29) is 13.2 Å². The molecular weight excluding hydrogens is 310 g/mol. The lowest BCUT2D eigenvalue weighted by Crippen LogP contribution is -2.48. The molecule has 134 valence electrons. The molecule has 0 aromatic heterocycles. The Morgan fingerprint density at radius 2 is 2.04 bits per heavy atom. The zero-order valence-corrected chi connectivity index (χ0v) is 14.6. The van der Waals surface area contributed by atoms with Gasteiger partial charge in [-0.05, 0) is 32.8 Å². The van der Waals surface area contributed by atoms with Gasteiger partial charge < -0.3 is 19.3 Å². The third-order valence-electron chi connectivity index (χ3n) is 3.52. The molecule has 1 heterocycles. The van der Waals surface area contributed by atoms with E-state index in [0.717, 1.165) is 5.56 Å². The van der Waals surface area contributed by atoms with Crippen LogP contribution >= 0.6 is 0 Å². The molecule has 1 aromatic rings. The Labute approximate surface area is 143 Å². The molecule has 6 nitrogen and oxygen atoms in total. The van der Waals surface area contributed by atoms with Crippen molar-refractivity contribution in [2.75, 3.05) is 19.8 Å². The normalized spacial score (nSPS) is 22.1. The van der Waals surface area contributed by atoms with Crippen LogP contribution in [0.1, 0.15) is 32.8 Å². The summed E-state index contributed by atoms with van der Waals surface area (Å²) in [5, 5.41) is 9.96. The summed E-state index contributed by atoms with van der Waals surface area (Å²) in [6, 6.07) is 9.80. The molecule has 24 heavy (non-hydrogen) atoms. The van der Waals surface area contributed by atoms with Gasteiger partial charge in [0.15, 0.2) is 6.23 Å². The number of ether oxygens (including phenoxy) is 3. The average molecular weight is 337 g/mol. The van der Waals surface area contributed by atoms with E-state index in [4.69, 9.17) is 14.2 Å². The minimum absolute atomic E-state index is 0.175. The largest absolute Gasteiger partial charge is 0.444 e. The van der Waals surface area contributed by atoms with Crippen molar-refractivity contribution in [3.63, 3.8) is 0 Å². The Balaban J connectivity index is 1.96. The number of aliphatic hydroxyl groups excluding tert-OH is 1. The number of benzene rings is 1. The summed E-state index contributed by atoms with van der Waals surface area (Å²) in [5.41, 5.74) is 0.444. The van der Waals surface area contributed by atoms with Crippen LogP contribution in [0.2, 0.25) is 0 Å². The lowest BCUT2D eigenvalue weighted by atomic mass is 10.2. The highest BCUT2D eigenvalue weighted by Crippen LogP contribution is 2.17. The standard InChI is InChI=1S/C18H27NO5/c1-18(2,3)24-17(21)19-11-15(20)9-10-23-16(19)13-22-12-14-7-5-4-6-8-14/h4-8,15-16,20H,9-13H2,1-3H3/t15-,16-/m1/s1. The maximum absolute atomic E-state index is 12.4. The predicted octanol–water partition coefficient (Wildman–Crippen LogP) is 2.55. The van der Waals surface area contributed by atoms with Crippen LogP contribution in [0.25, 0.3) is 0 Å². The number of carbonyl (C=O) groups is 1. The minimum atomic E-state index is -0.628. The van der Waals surface area contributed by atoms with E-state index >= 15 is 0 Å². The molecule has 1 N–H and O–H groups in total. The second-order valence-corrected chi connectivity index (χ2v) is 6.90. The summed E-state index contributed by atoms with van der Waals surface area (Å²) < 4.78 is 16.8. The van der Waals surface area contributed by atoms with Gasteiger partial charge in [0.2, 0.25) is 0 Å². The molecule has 1 saturated heterocycles. The quantitative estimate of drug-likeness (QED) is 0.914. The third-order valence-corrected chi connectivity index (χ3v) is 3.52. The molecule has 0 bridgehead atoms. The maximum Gasteiger partial charge on any atom is 0.412 e. The van der Waals surface area contributed by atoms with Crippen molar-refractivity contribution in [2.24, 2.45) is 0 Å². The van der Waals surface area contributed by atoms with Crippen molar-refractivity contribution in [1.29, 1.82) is 0 Å². The van der Waals surface area contributed by atoms with Gasteiger partial charge in [0.05, 0.1) is 32.5 Å². The molecule has 6 heteroatoms. The Morgan fingerprint density at radius 1 is 1.33 bits per heavy atom. The topological polar surface area (TPSA) is 68.2 Å². The SMILES string of the molecule is CC(C)(C)OC(=O)N1C[C@H](O)CCO[C@@H]1COCc1ccccc1. The van der Waals surface area contributed by atoms with Crippen molar-refractivity contribution in [2.45, 2.75) is 51.7 Å². The van der Waals surface area contributed by atoms with Crippen molar-refractivity contribution in [3.8, 4) is 0 Å². The van der Waals surface area contributed by atoms with E-state index in [9.17, 15) is 9.90 Å². The van der Waals surface area contributed by atoms with Crippen molar-refractivity contribution >= 4 is 6.09 Å². The molecule has 1 fully saturated rings. The Bertz CT molecular complexity index is 514. The fourth-order valence-electron chi connectivity index (χ4n) is 2.37. The molecule has 0 radical (unpaired) electrons. The second-order valence-electron chi connectivity index (χ2n) is 6.90. The molecule has 0 aliphatic carbocycles. The fraction of sp³-hybridized carbons (Fsp3) is 0.611. The number of rotatable bonds is 4. The summed E-state index contributed by atoms with van der Waals surface area (Å²) in [6.45, 7) is 6.63. The first-order chi connectivity index (χ1) is 11.3. The molecule has 0 spiro atoms. The van der Waals surface area contributed by atoms with E-state index in [2.05, 4.69) is 0 Å². The Hall–Kier alpha value is -1.63. The first-order valence-corrected chi connectivity index (χ1v) is 8.26. The zero-order valence-electron chi connectivity index (χ0n) is 14.6. The van der Waals surface area contributed by atoms with Crippen molar-refractivity contribution in [3.05, 3.63) is 35.9 Å². The first-order valence-electron chi connectivity index (χ1n) is 8.26. The van der Waals surface area contributed by atoms with E-state index < -0.39 is 24.0 Å². The van der Waals surface area contributed by atoms with Crippen LogP contribution in [0, 0.1) is 0 Å². The van der Waals surface area contributed by atoms with E-state index in [0.29, 0.717) is 19.6 Å². The van der Waals surface area contributed by atoms with Gasteiger partial charge in [-0.3, -0.25) is 4.90 Å². The Morgan fingerprint density at radius 3 is 2.71 bits per heavy atom. The summed E-state index contributed by atoms with van der Waals surface area (Å²) in [4.78, 5) is 13.8. The molecule has 2 atom stereocenters. The van der Waals surface area contributed by atoms with Gasteiger partial charge in [-0.1, -0.05) is 30.3 Å². The summed E-state index contributed by atoms with van der Waals surface area (Å²) in [6.07, 6.45) is -1.22. The number of nitrogens with zero attached hydrogens (tertiary/aromatic N) is 1. The van der Waals surface area contributed by atoms with Crippen LogP contribution in [0.15, 0.2) is 30.3 Å². The van der Waals surface area contributed by atoms with Crippen LogP contribution in [0.4, 0.5) is 4.79 Å². The smallest absolute Gasteiger partial charge is 0.412 e.